The Hall–Kier alpha value is -5.83. The fourth-order valence-corrected chi connectivity index (χ4v) is 10.5. The van der Waals surface area contributed by atoms with Crippen LogP contribution in [0.3, 0.4) is 0 Å². The number of carboxylic acid groups (broad SMARTS) is 1. The molecule has 0 fully saturated rings. The van der Waals surface area contributed by atoms with Crippen molar-refractivity contribution in [2.75, 3.05) is 89.8 Å². The van der Waals surface area contributed by atoms with Crippen LogP contribution in [-0.4, -0.2) is 119 Å². The molecule has 288 valence electrons. The first kappa shape index (κ1) is 41.6. The van der Waals surface area contributed by atoms with Crippen LogP contribution in [0, 0.1) is 0 Å². The Bertz CT molecular complexity index is 1570. The molecule has 0 bridgehead atoms. The molecule has 53 heavy (non-hydrogen) atoms. The molecule has 0 heterocycles. The van der Waals surface area contributed by atoms with Crippen LogP contribution in [0.2, 0.25) is 0 Å². The number of benzene rings is 3. The molecule has 0 aliphatic rings. The summed E-state index contributed by atoms with van der Waals surface area (Å²) in [5.41, 5.74) is 0. The van der Waals surface area contributed by atoms with Gasteiger partial charge in [0.1, 0.15) is 31.1 Å². The molecule has 17 nitrogen and oxygen atoms in total. The molecule has 3 amide bonds. The van der Waals surface area contributed by atoms with E-state index in [1.807, 2.05) is 0 Å². The maximum absolute atomic E-state index is 14.4. The summed E-state index contributed by atoms with van der Waals surface area (Å²) in [6, 6.07) is 9.82. The number of nitrogens with one attached hydrogen (secondary N) is 3. The molecule has 0 saturated carbocycles. The summed E-state index contributed by atoms with van der Waals surface area (Å²) in [5, 5.41) is 17.1. The van der Waals surface area contributed by atoms with Gasteiger partial charge in [0, 0.05) is 36.4 Å². The van der Waals surface area contributed by atoms with Crippen LogP contribution in [0.4, 0.5) is 0 Å². The number of amides is 3. The smallest absolute Gasteiger partial charge is 0.322 e. The lowest BCUT2D eigenvalue weighted by atomic mass is 10.3. The molecule has 18 heteroatoms. The zero-order valence-corrected chi connectivity index (χ0v) is 31.9. The topological polar surface area (TPSA) is 208 Å². The summed E-state index contributed by atoms with van der Waals surface area (Å²) in [6.07, 6.45) is -0.392. The molecule has 0 aliphatic heterocycles. The van der Waals surface area contributed by atoms with Crippen molar-refractivity contribution in [2.24, 2.45) is 0 Å². The van der Waals surface area contributed by atoms with Gasteiger partial charge in [0.2, 0.25) is 11.8 Å². The van der Waals surface area contributed by atoms with Gasteiger partial charge >= 0.3 is 5.97 Å². The predicted molar refractivity (Wildman–Crippen MR) is 196 cm³/mol. The van der Waals surface area contributed by atoms with Gasteiger partial charge in [-0.25, -0.2) is 0 Å². The summed E-state index contributed by atoms with van der Waals surface area (Å²) in [6.45, 7) is -1.68. The fraction of sp³-hybridized carbons (Fsp3) is 0.371. The summed E-state index contributed by atoms with van der Waals surface area (Å²) in [5.74, 6) is -0.629. The molecule has 4 N–H and O–H groups in total. The van der Waals surface area contributed by atoms with E-state index in [1.54, 1.807) is 36.4 Å². The van der Waals surface area contributed by atoms with Crippen molar-refractivity contribution in [2.45, 2.75) is 0 Å². The number of rotatable bonds is 20. The molecule has 0 aliphatic carbocycles. The quantitative estimate of drug-likeness (QED) is 0.116. The molecule has 0 unspecified atom stereocenters. The first-order chi connectivity index (χ1) is 25.4. The van der Waals surface area contributed by atoms with E-state index in [4.69, 9.17) is 47.7 Å². The Morgan fingerprint density at radius 3 is 0.962 bits per heavy atom. The number of carbonyl (C=O) groups is 4. The van der Waals surface area contributed by atoms with Crippen LogP contribution >= 0.6 is 7.26 Å². The second-order valence-corrected chi connectivity index (χ2v) is 14.1. The highest BCUT2D eigenvalue weighted by Gasteiger charge is 2.59. The number of methoxy groups -OCH3 is 9. The lowest BCUT2D eigenvalue weighted by Gasteiger charge is -2.33. The van der Waals surface area contributed by atoms with E-state index in [2.05, 4.69) is 16.0 Å². The van der Waals surface area contributed by atoms with Gasteiger partial charge in [-0.3, -0.25) is 19.2 Å². The molecule has 0 radical (unpaired) electrons. The molecule has 0 spiro atoms. The molecule has 3 rings (SSSR count). The van der Waals surface area contributed by atoms with Gasteiger partial charge in [0.25, 0.3) is 5.91 Å². The Kier molecular flexibility index (Phi) is 15.0. The first-order valence-corrected chi connectivity index (χ1v) is 17.7. The van der Waals surface area contributed by atoms with E-state index < -0.39 is 56.7 Å². The third kappa shape index (κ3) is 9.35. The van der Waals surface area contributed by atoms with Crippen LogP contribution in [0.15, 0.2) is 36.4 Å². The number of hydrogen-bond donors (Lipinski definition) is 4. The Labute approximate surface area is 307 Å². The number of ether oxygens (including phenoxy) is 9. The average molecular weight is 763 g/mol. The van der Waals surface area contributed by atoms with E-state index >= 15 is 0 Å². The second-order valence-electron chi connectivity index (χ2n) is 10.8. The van der Waals surface area contributed by atoms with Crippen LogP contribution in [0.5, 0.6) is 51.7 Å². The number of carboxylic acids is 1. The van der Waals surface area contributed by atoms with Gasteiger partial charge in [-0.05, 0) is 0 Å². The highest BCUT2D eigenvalue weighted by molar-refractivity contribution is 7.97. The maximum atomic E-state index is 14.4. The third-order valence-corrected chi connectivity index (χ3v) is 12.3. The minimum atomic E-state index is -3.71. The van der Waals surface area contributed by atoms with Crippen molar-refractivity contribution in [1.29, 1.82) is 0 Å². The monoisotopic (exact) mass is 762 g/mol. The highest BCUT2D eigenvalue weighted by Crippen LogP contribution is 2.66. The molecule has 3 aromatic rings. The van der Waals surface area contributed by atoms with Gasteiger partial charge in [0.05, 0.1) is 77.1 Å². The van der Waals surface area contributed by atoms with E-state index in [9.17, 15) is 19.2 Å². The van der Waals surface area contributed by atoms with Gasteiger partial charge in [-0.2, -0.15) is 0 Å². The molecular weight excluding hydrogens is 717 g/mol. The first-order valence-electron chi connectivity index (χ1n) is 15.7. The normalized spacial score (nSPS) is 10.7. The standard InChI is InChI=1S/C35H44N3O14P/c1-44-20-10-23(47-4)33(24(11-20)48-5)53(34-25(49-6)12-21(45-2)13-26(34)50-7,35-27(51-8)14-22(46-3)15-28(35)52-9)19-31(41)37-17-29(39)36-16-30(40)38-18-32(42)43/h10-15H,16-19H2,1-9H3,(H3-,36,37,38,39,40,41,42,43)/p+1. The van der Waals surface area contributed by atoms with E-state index in [0.717, 1.165) is 0 Å². The van der Waals surface area contributed by atoms with Gasteiger partial charge in [-0.15, -0.1) is 0 Å². The minimum Gasteiger partial charge on any atom is -0.496 e. The summed E-state index contributed by atoms with van der Waals surface area (Å²) < 4.78 is 52.8. The lowest BCUT2D eigenvalue weighted by Crippen LogP contribution is -2.45. The van der Waals surface area contributed by atoms with Crippen molar-refractivity contribution in [1.82, 2.24) is 16.0 Å². The van der Waals surface area contributed by atoms with Gasteiger partial charge in [0.15, 0.2) is 56.6 Å². The van der Waals surface area contributed by atoms with Crippen molar-refractivity contribution >= 4 is 46.9 Å². The van der Waals surface area contributed by atoms with Gasteiger partial charge < -0.3 is 63.7 Å². The molecule has 0 aromatic heterocycles. The minimum absolute atomic E-state index is 0.257. The van der Waals surface area contributed by atoms with E-state index in [-0.39, 0.29) is 34.5 Å². The van der Waals surface area contributed by atoms with Crippen LogP contribution in [-0.2, 0) is 19.2 Å². The van der Waals surface area contributed by atoms with Crippen molar-refractivity contribution in [3.05, 3.63) is 36.4 Å². The number of hydrogen-bond acceptors (Lipinski definition) is 13. The zero-order chi connectivity index (χ0) is 39.3. The van der Waals surface area contributed by atoms with E-state index in [0.29, 0.717) is 33.2 Å². The zero-order valence-electron chi connectivity index (χ0n) is 31.0. The number of carbonyl (C=O) groups excluding carboxylic acids is 3. The Morgan fingerprint density at radius 2 is 0.717 bits per heavy atom. The van der Waals surface area contributed by atoms with Crippen LogP contribution < -0.4 is 74.5 Å². The van der Waals surface area contributed by atoms with Gasteiger partial charge in [-0.1, -0.05) is 0 Å². The van der Waals surface area contributed by atoms with Crippen molar-refractivity contribution in [3.8, 4) is 51.7 Å². The third-order valence-electron chi connectivity index (χ3n) is 7.92. The highest BCUT2D eigenvalue weighted by atomic mass is 31.2. The average Bonchev–Trinajstić information content (AvgIpc) is 3.18. The molecule has 3 aromatic carbocycles. The largest absolute Gasteiger partial charge is 0.496 e. The van der Waals surface area contributed by atoms with Crippen LogP contribution in [0.1, 0.15) is 0 Å². The fourth-order valence-electron chi connectivity index (χ4n) is 5.59. The maximum Gasteiger partial charge on any atom is 0.322 e. The Morgan fingerprint density at radius 1 is 0.453 bits per heavy atom. The summed E-state index contributed by atoms with van der Waals surface area (Å²) in [4.78, 5) is 50.0. The Balaban J connectivity index is 2.47. The SMILES string of the molecule is COc1cc(OC)c([P+](CC(=O)NCC(=O)NCC(=O)NCC(=O)O)(c2c(OC)cc(OC)cc2OC)c2c(OC)cc(OC)cc2OC)c(OC)c1. The van der Waals surface area contributed by atoms with Crippen LogP contribution in [0.25, 0.3) is 0 Å². The molecule has 0 saturated heterocycles. The number of aliphatic carboxylic acids is 1. The predicted octanol–water partition coefficient (Wildman–Crippen LogP) is 0.491. The molecule has 0 atom stereocenters. The lowest BCUT2D eigenvalue weighted by molar-refractivity contribution is -0.137. The van der Waals surface area contributed by atoms with Crippen molar-refractivity contribution < 1.29 is 66.9 Å². The summed E-state index contributed by atoms with van der Waals surface area (Å²) in [7, 11) is 9.45. The van der Waals surface area contributed by atoms with E-state index in [1.165, 1.54) is 64.0 Å². The van der Waals surface area contributed by atoms with Crippen molar-refractivity contribution in [3.63, 3.8) is 0 Å². The second kappa shape index (κ2) is 19.1. The molecular formula is C35H45N3O14P+. The summed E-state index contributed by atoms with van der Waals surface area (Å²) >= 11 is 0.